The number of piperazine rings is 1. The quantitative estimate of drug-likeness (QED) is 0.462. The molecule has 2 heterocycles. The van der Waals surface area contributed by atoms with Crippen LogP contribution in [-0.2, 0) is 10.0 Å². The van der Waals surface area contributed by atoms with Gasteiger partial charge in [-0.05, 0) is 24.3 Å². The highest BCUT2D eigenvalue weighted by atomic mass is 32.2. The van der Waals surface area contributed by atoms with E-state index in [1.165, 1.54) is 4.31 Å². The SMILES string of the molecule is O=S(=O)(c1ccccc1-c1nc(-c2ccccc2)no1)N1CCN(c2ccccc2)CC1. The summed E-state index contributed by atoms with van der Waals surface area (Å²) in [7, 11) is -3.72. The summed E-state index contributed by atoms with van der Waals surface area (Å²) < 4.78 is 34.0. The van der Waals surface area contributed by atoms with Crippen LogP contribution in [0.3, 0.4) is 0 Å². The molecule has 0 bridgehead atoms. The second kappa shape index (κ2) is 8.57. The van der Waals surface area contributed by atoms with Crippen LogP contribution in [0.1, 0.15) is 0 Å². The molecule has 1 aliphatic heterocycles. The Morgan fingerprint density at radius 3 is 2.09 bits per heavy atom. The van der Waals surface area contributed by atoms with Crippen LogP contribution in [0.2, 0.25) is 0 Å². The first kappa shape index (κ1) is 20.4. The molecule has 1 aromatic heterocycles. The van der Waals surface area contributed by atoms with Gasteiger partial charge in [-0.2, -0.15) is 9.29 Å². The fraction of sp³-hybridized carbons (Fsp3) is 0.167. The van der Waals surface area contributed by atoms with Crippen molar-refractivity contribution >= 4 is 15.7 Å². The van der Waals surface area contributed by atoms with Crippen LogP contribution in [0.4, 0.5) is 5.69 Å². The van der Waals surface area contributed by atoms with Gasteiger partial charge in [-0.25, -0.2) is 8.42 Å². The first-order valence-corrected chi connectivity index (χ1v) is 11.9. The number of anilines is 1. The molecular weight excluding hydrogens is 424 g/mol. The number of nitrogens with zero attached hydrogens (tertiary/aromatic N) is 4. The maximum atomic E-state index is 13.5. The van der Waals surface area contributed by atoms with Crippen LogP contribution in [0.15, 0.2) is 94.3 Å². The second-order valence-corrected chi connectivity index (χ2v) is 9.42. The van der Waals surface area contributed by atoms with Crippen molar-refractivity contribution in [3.05, 3.63) is 84.9 Å². The van der Waals surface area contributed by atoms with Gasteiger partial charge in [0.15, 0.2) is 0 Å². The van der Waals surface area contributed by atoms with Gasteiger partial charge in [-0.3, -0.25) is 0 Å². The Labute approximate surface area is 187 Å². The number of hydrogen-bond acceptors (Lipinski definition) is 6. The monoisotopic (exact) mass is 446 g/mol. The molecule has 4 aromatic rings. The number of benzene rings is 3. The molecule has 1 aliphatic rings. The van der Waals surface area contributed by atoms with E-state index in [4.69, 9.17) is 4.52 Å². The summed E-state index contributed by atoms with van der Waals surface area (Å²) in [5.41, 5.74) is 2.32. The van der Waals surface area contributed by atoms with Gasteiger partial charge in [0.05, 0.1) is 10.5 Å². The van der Waals surface area contributed by atoms with Gasteiger partial charge < -0.3 is 9.42 Å². The van der Waals surface area contributed by atoms with Crippen molar-refractivity contribution in [3.63, 3.8) is 0 Å². The van der Waals surface area contributed by atoms with Crippen LogP contribution < -0.4 is 4.90 Å². The third kappa shape index (κ3) is 3.90. The first-order valence-electron chi connectivity index (χ1n) is 10.4. The highest BCUT2D eigenvalue weighted by molar-refractivity contribution is 7.89. The third-order valence-electron chi connectivity index (χ3n) is 5.55. The van der Waals surface area contributed by atoms with Crippen LogP contribution in [0.25, 0.3) is 22.8 Å². The molecule has 7 nitrogen and oxygen atoms in total. The summed E-state index contributed by atoms with van der Waals surface area (Å²) in [6, 6.07) is 26.3. The number of hydrogen-bond donors (Lipinski definition) is 0. The topological polar surface area (TPSA) is 79.5 Å². The lowest BCUT2D eigenvalue weighted by Crippen LogP contribution is -2.48. The maximum absolute atomic E-state index is 13.5. The molecule has 1 fully saturated rings. The Kier molecular flexibility index (Phi) is 5.46. The van der Waals surface area contributed by atoms with E-state index >= 15 is 0 Å². The third-order valence-corrected chi connectivity index (χ3v) is 7.51. The van der Waals surface area contributed by atoms with E-state index in [2.05, 4.69) is 15.0 Å². The van der Waals surface area contributed by atoms with E-state index in [1.807, 2.05) is 60.7 Å². The molecule has 162 valence electrons. The molecule has 0 radical (unpaired) electrons. The lowest BCUT2D eigenvalue weighted by atomic mass is 10.2. The fourth-order valence-corrected chi connectivity index (χ4v) is 5.48. The van der Waals surface area contributed by atoms with E-state index in [0.717, 1.165) is 11.3 Å². The largest absolute Gasteiger partial charge is 0.369 e. The van der Waals surface area contributed by atoms with Gasteiger partial charge in [0.1, 0.15) is 0 Å². The molecule has 5 rings (SSSR count). The summed E-state index contributed by atoms with van der Waals surface area (Å²) >= 11 is 0. The highest BCUT2D eigenvalue weighted by Gasteiger charge is 2.31. The summed E-state index contributed by atoms with van der Waals surface area (Å²) in [6.45, 7) is 2.07. The molecule has 0 spiro atoms. The van der Waals surface area contributed by atoms with E-state index in [1.54, 1.807) is 24.3 Å². The second-order valence-electron chi connectivity index (χ2n) is 7.51. The minimum Gasteiger partial charge on any atom is -0.369 e. The average molecular weight is 447 g/mol. The van der Waals surface area contributed by atoms with Crippen molar-refractivity contribution in [1.29, 1.82) is 0 Å². The number of rotatable bonds is 5. The maximum Gasteiger partial charge on any atom is 0.259 e. The van der Waals surface area contributed by atoms with Gasteiger partial charge in [-0.15, -0.1) is 0 Å². The van der Waals surface area contributed by atoms with Gasteiger partial charge in [0.2, 0.25) is 15.8 Å². The van der Waals surface area contributed by atoms with Crippen molar-refractivity contribution in [2.75, 3.05) is 31.1 Å². The molecule has 8 heteroatoms. The Hall–Kier alpha value is -3.49. The molecular formula is C24H22N4O3S. The molecule has 1 saturated heterocycles. The molecule has 0 amide bonds. The number of aromatic nitrogens is 2. The van der Waals surface area contributed by atoms with Crippen LogP contribution in [0, 0.1) is 0 Å². The van der Waals surface area contributed by atoms with Gasteiger partial charge in [-0.1, -0.05) is 65.8 Å². The van der Waals surface area contributed by atoms with E-state index in [-0.39, 0.29) is 10.8 Å². The van der Waals surface area contributed by atoms with E-state index < -0.39 is 10.0 Å². The Bertz CT molecular complexity index is 1300. The summed E-state index contributed by atoms with van der Waals surface area (Å²) in [5, 5.41) is 4.04. The lowest BCUT2D eigenvalue weighted by Gasteiger charge is -2.35. The minimum atomic E-state index is -3.72. The Morgan fingerprint density at radius 1 is 0.750 bits per heavy atom. The van der Waals surface area contributed by atoms with Crippen LogP contribution in [-0.4, -0.2) is 49.0 Å². The average Bonchev–Trinajstić information content (AvgIpc) is 3.36. The summed E-state index contributed by atoms with van der Waals surface area (Å²) in [4.78, 5) is 6.83. The molecule has 0 aliphatic carbocycles. The highest BCUT2D eigenvalue weighted by Crippen LogP contribution is 2.30. The standard InChI is InChI=1S/C24H22N4O3S/c29-32(30,28-17-15-27(16-18-28)20-11-5-2-6-12-20)22-14-8-7-13-21(22)24-25-23(26-31-24)19-9-3-1-4-10-19/h1-14H,15-18H2. The van der Waals surface area contributed by atoms with E-state index in [9.17, 15) is 8.42 Å². The predicted molar refractivity (Wildman–Crippen MR) is 123 cm³/mol. The minimum absolute atomic E-state index is 0.177. The molecule has 0 N–H and O–H groups in total. The zero-order valence-electron chi connectivity index (χ0n) is 17.3. The fourth-order valence-electron chi connectivity index (χ4n) is 3.87. The smallest absolute Gasteiger partial charge is 0.259 e. The first-order chi connectivity index (χ1) is 15.6. The van der Waals surface area contributed by atoms with Gasteiger partial charge >= 0.3 is 0 Å². The summed E-state index contributed by atoms with van der Waals surface area (Å²) in [6.07, 6.45) is 0. The molecule has 0 unspecified atom stereocenters. The molecule has 32 heavy (non-hydrogen) atoms. The number of para-hydroxylation sites is 1. The van der Waals surface area contributed by atoms with Crippen molar-refractivity contribution in [2.45, 2.75) is 4.90 Å². The van der Waals surface area contributed by atoms with Crippen LogP contribution in [0.5, 0.6) is 0 Å². The van der Waals surface area contributed by atoms with Gasteiger partial charge in [0, 0.05) is 37.4 Å². The van der Waals surface area contributed by atoms with Crippen molar-refractivity contribution in [3.8, 4) is 22.8 Å². The van der Waals surface area contributed by atoms with Crippen LogP contribution >= 0.6 is 0 Å². The predicted octanol–water partition coefficient (Wildman–Crippen LogP) is 3.91. The van der Waals surface area contributed by atoms with Crippen molar-refractivity contribution in [2.24, 2.45) is 0 Å². The normalized spacial score (nSPS) is 15.1. The van der Waals surface area contributed by atoms with E-state index in [0.29, 0.717) is 37.6 Å². The summed E-state index contributed by atoms with van der Waals surface area (Å²) in [5.74, 6) is 0.607. The molecule has 3 aromatic carbocycles. The Balaban J connectivity index is 1.41. The number of sulfonamides is 1. The Morgan fingerprint density at radius 2 is 1.38 bits per heavy atom. The zero-order chi connectivity index (χ0) is 22.0. The van der Waals surface area contributed by atoms with Gasteiger partial charge in [0.25, 0.3) is 5.89 Å². The lowest BCUT2D eigenvalue weighted by molar-refractivity contribution is 0.384. The molecule has 0 atom stereocenters. The molecule has 0 saturated carbocycles. The van der Waals surface area contributed by atoms with Crippen molar-refractivity contribution < 1.29 is 12.9 Å². The van der Waals surface area contributed by atoms with Crippen molar-refractivity contribution in [1.82, 2.24) is 14.4 Å². The zero-order valence-corrected chi connectivity index (χ0v) is 18.1.